The molecule has 41 heavy (non-hydrogen) atoms. The number of halogens is 3. The van der Waals surface area contributed by atoms with E-state index in [9.17, 15) is 0 Å². The van der Waals surface area contributed by atoms with Crippen molar-refractivity contribution in [2.45, 2.75) is 82.0 Å². The maximum atomic E-state index is 2.62. The Morgan fingerprint density at radius 2 is 0.683 bits per heavy atom. The molecule has 4 rings (SSSR count). The van der Waals surface area contributed by atoms with E-state index in [1.54, 1.807) is 10.4 Å². The smallest absolute Gasteiger partial charge is 1.00 e. The monoisotopic (exact) mass is 674 g/mol. The summed E-state index contributed by atoms with van der Waals surface area (Å²) in [7, 11) is -4.18. The van der Waals surface area contributed by atoms with Crippen LogP contribution in [0.15, 0.2) is 54.6 Å². The first-order chi connectivity index (χ1) is 17.2. The Labute approximate surface area is 285 Å². The number of hydrogen-bond acceptors (Lipinski definition) is 0. The molecule has 0 saturated carbocycles. The molecule has 0 fully saturated rings. The van der Waals surface area contributed by atoms with Crippen LogP contribution >= 0.6 is 0 Å². The summed E-state index contributed by atoms with van der Waals surface area (Å²) in [4.78, 5) is 0. The zero-order chi connectivity index (χ0) is 27.4. The summed E-state index contributed by atoms with van der Waals surface area (Å²) in [5, 5.41) is 7.72. The Balaban J connectivity index is 0.00000400. The summed E-state index contributed by atoms with van der Waals surface area (Å²) in [6.07, 6.45) is 0. The minimum atomic E-state index is -2.64. The maximum Gasteiger partial charge on any atom is 4.00 e. The van der Waals surface area contributed by atoms with Crippen LogP contribution in [0.25, 0.3) is 0 Å². The molecule has 0 unspecified atom stereocenters. The normalized spacial score (nSPS) is 11.1. The summed E-state index contributed by atoms with van der Waals surface area (Å²) < 4.78 is 0. The van der Waals surface area contributed by atoms with E-state index in [0.717, 1.165) is 0 Å². The molecule has 4 aromatic rings. The number of rotatable bonds is 5. The van der Waals surface area contributed by atoms with Crippen molar-refractivity contribution in [1.82, 2.24) is 0 Å². The second-order valence-electron chi connectivity index (χ2n) is 12.7. The average Bonchev–Trinajstić information content (AvgIpc) is 2.96. The fourth-order valence-corrected chi connectivity index (χ4v) is 13.9. The quantitative estimate of drug-likeness (QED) is 0.121. The Bertz CT molecular complexity index is 1400. The van der Waals surface area contributed by atoms with E-state index in [0.29, 0.717) is 0 Å². The predicted octanol–water partition coefficient (Wildman–Crippen LogP) is -2.89. The Kier molecular flexibility index (Phi) is 14.3. The van der Waals surface area contributed by atoms with E-state index in [1.165, 1.54) is 65.6 Å². The van der Waals surface area contributed by atoms with Crippen molar-refractivity contribution < 1.29 is 58.9 Å². The third-order valence-electron chi connectivity index (χ3n) is 8.50. The van der Waals surface area contributed by atoms with E-state index in [2.05, 4.69) is 137 Å². The summed E-state index contributed by atoms with van der Waals surface area (Å²) >= 11 is 0. The standard InChI is InChI=1S/C35H45Si2.3ClH.Ti/c1-22-13-23(2)17-32(16-22)37(33-18-24(3)14-25(4)19-33,35-29(8)27(6)28(7)30(35)9)34-20-26(5)15-31(21-34)36(10,11)12;;;;/h13-21H,1-12H3;3*1H;/q-1;;;;+4/p-3. The average molecular weight is 676 g/mol. The van der Waals surface area contributed by atoms with Crippen LogP contribution in [-0.2, 0) is 21.7 Å². The Hall–Kier alpha value is -0.972. The van der Waals surface area contributed by atoms with Gasteiger partial charge in [-0.15, -0.1) is 5.19 Å². The van der Waals surface area contributed by atoms with Gasteiger partial charge >= 0.3 is 21.7 Å². The molecule has 0 heterocycles. The molecule has 4 aromatic carbocycles. The van der Waals surface area contributed by atoms with Crippen LogP contribution in [0.4, 0.5) is 0 Å². The first-order valence-corrected chi connectivity index (χ1v) is 19.2. The van der Waals surface area contributed by atoms with Gasteiger partial charge in [-0.25, -0.2) is 0 Å². The second kappa shape index (κ2) is 14.7. The molecule has 0 atom stereocenters. The summed E-state index contributed by atoms with van der Waals surface area (Å²) in [5.74, 6) is 0. The molecule has 0 aliphatic carbocycles. The van der Waals surface area contributed by atoms with Crippen molar-refractivity contribution in [3.8, 4) is 0 Å². The van der Waals surface area contributed by atoms with E-state index >= 15 is 0 Å². The van der Waals surface area contributed by atoms with Crippen molar-refractivity contribution in [1.29, 1.82) is 0 Å². The molecule has 0 radical (unpaired) electrons. The molecule has 0 saturated heterocycles. The van der Waals surface area contributed by atoms with Gasteiger partial charge in [0.15, 0.2) is 0 Å². The molecule has 6 heteroatoms. The van der Waals surface area contributed by atoms with Gasteiger partial charge in [0, 0.05) is 0 Å². The van der Waals surface area contributed by atoms with Gasteiger partial charge in [-0.2, -0.15) is 22.3 Å². The van der Waals surface area contributed by atoms with Gasteiger partial charge in [0.05, 0.1) is 8.07 Å². The van der Waals surface area contributed by atoms with Crippen LogP contribution in [0.1, 0.15) is 50.1 Å². The van der Waals surface area contributed by atoms with Gasteiger partial charge in [0.25, 0.3) is 0 Å². The predicted molar refractivity (Wildman–Crippen MR) is 171 cm³/mol. The fourth-order valence-electron chi connectivity index (χ4n) is 6.53. The van der Waals surface area contributed by atoms with Crippen molar-refractivity contribution in [2.24, 2.45) is 0 Å². The van der Waals surface area contributed by atoms with E-state index in [-0.39, 0.29) is 58.9 Å². The SMILES string of the molecule is Cc1cc(C)cc([Si](c2cc(C)cc(C)c2)(c2cc(C)cc([Si](C)(C)C)c2)[c-]2c(C)c(C)c(C)c2C)c1.[Cl-].[Cl-].[Cl-].[Ti+4]. The van der Waals surface area contributed by atoms with Gasteiger partial charge < -0.3 is 37.2 Å². The Morgan fingerprint density at radius 3 is 1.00 bits per heavy atom. The van der Waals surface area contributed by atoms with Gasteiger partial charge in [-0.3, -0.25) is 0 Å². The van der Waals surface area contributed by atoms with Crippen LogP contribution < -0.4 is 63.2 Å². The van der Waals surface area contributed by atoms with E-state index in [4.69, 9.17) is 0 Å². The van der Waals surface area contributed by atoms with Gasteiger partial charge in [0.1, 0.15) is 8.07 Å². The van der Waals surface area contributed by atoms with Crippen molar-refractivity contribution in [2.75, 3.05) is 0 Å². The number of hydrogen-bond donors (Lipinski definition) is 0. The van der Waals surface area contributed by atoms with Crippen LogP contribution in [0.5, 0.6) is 0 Å². The largest absolute Gasteiger partial charge is 4.00 e. The molecule has 0 nitrogen and oxygen atoms in total. The molecule has 0 aliphatic heterocycles. The molecule has 0 aliphatic rings. The third-order valence-corrected chi connectivity index (χ3v) is 15.5. The Morgan fingerprint density at radius 1 is 0.415 bits per heavy atom. The minimum Gasteiger partial charge on any atom is -1.00 e. The first-order valence-electron chi connectivity index (χ1n) is 13.7. The van der Waals surface area contributed by atoms with Crippen molar-refractivity contribution in [3.63, 3.8) is 0 Å². The zero-order valence-corrected chi connectivity index (χ0v) is 32.7. The van der Waals surface area contributed by atoms with Gasteiger partial charge in [0.2, 0.25) is 0 Å². The summed E-state index contributed by atoms with van der Waals surface area (Å²) in [6.45, 7) is 28.2. The van der Waals surface area contributed by atoms with Crippen molar-refractivity contribution in [3.05, 3.63) is 105 Å². The maximum absolute atomic E-state index is 2.64. The molecule has 0 aromatic heterocycles. The number of aryl methyl sites for hydroxylation is 5. The van der Waals surface area contributed by atoms with Crippen LogP contribution in [-0.4, -0.2) is 16.1 Å². The number of benzene rings is 3. The second-order valence-corrected chi connectivity index (χ2v) is 21.5. The topological polar surface area (TPSA) is 0 Å². The molecule has 0 N–H and O–H groups in total. The van der Waals surface area contributed by atoms with Gasteiger partial charge in [-0.1, -0.05) is 150 Å². The first kappa shape index (κ1) is 40.0. The molecular weight excluding hydrogens is 631 g/mol. The summed E-state index contributed by atoms with van der Waals surface area (Å²) in [5.41, 5.74) is 12.7. The van der Waals surface area contributed by atoms with E-state index < -0.39 is 16.1 Å². The van der Waals surface area contributed by atoms with Crippen LogP contribution in [0.2, 0.25) is 19.6 Å². The van der Waals surface area contributed by atoms with Crippen LogP contribution in [0, 0.1) is 62.3 Å². The molecule has 0 amide bonds. The summed E-state index contributed by atoms with van der Waals surface area (Å²) in [6, 6.07) is 22.3. The van der Waals surface area contributed by atoms with Crippen molar-refractivity contribution >= 4 is 42.1 Å². The molecule has 0 bridgehead atoms. The fraction of sp³-hybridized carbons (Fsp3) is 0.343. The zero-order valence-electron chi connectivity index (χ0n) is 26.8. The molecule has 0 spiro atoms. The molecular formula is C35H45Cl3Si2Ti. The van der Waals surface area contributed by atoms with Gasteiger partial charge in [-0.05, 0) is 34.6 Å². The molecule has 218 valence electrons. The third kappa shape index (κ3) is 7.40. The van der Waals surface area contributed by atoms with E-state index in [1.807, 2.05) is 0 Å². The van der Waals surface area contributed by atoms with Crippen LogP contribution in [0.3, 0.4) is 0 Å². The minimum absolute atomic E-state index is 0.